The number of imide groups is 1. The summed E-state index contributed by atoms with van der Waals surface area (Å²) in [4.78, 5) is 42.1. The first-order valence-electron chi connectivity index (χ1n) is 7.53. The first-order valence-corrected chi connectivity index (χ1v) is 8.85. The Labute approximate surface area is 157 Å². The van der Waals surface area contributed by atoms with Crippen LogP contribution in [-0.4, -0.2) is 22.7 Å². The van der Waals surface area contributed by atoms with E-state index in [1.54, 1.807) is 41.2 Å². The summed E-state index contributed by atoms with van der Waals surface area (Å²) in [6.07, 6.45) is 0. The number of nitrogens with one attached hydrogen (secondary N) is 1. The SMILES string of the molecule is O=C(Nc1ccc(N2C(=O)c3ccccc3C2=O)c(Cl)c1)c1cscn1. The third kappa shape index (κ3) is 2.67. The Morgan fingerprint density at radius 3 is 2.35 bits per heavy atom. The Balaban J connectivity index is 1.62. The summed E-state index contributed by atoms with van der Waals surface area (Å²) in [5.74, 6) is -1.21. The monoisotopic (exact) mass is 383 g/mol. The van der Waals surface area contributed by atoms with Crippen LogP contribution in [-0.2, 0) is 0 Å². The topological polar surface area (TPSA) is 79.4 Å². The fraction of sp³-hybridized carbons (Fsp3) is 0. The van der Waals surface area contributed by atoms with Gasteiger partial charge in [0.2, 0.25) is 0 Å². The summed E-state index contributed by atoms with van der Waals surface area (Å²) in [7, 11) is 0. The van der Waals surface area contributed by atoms with Gasteiger partial charge in [0.25, 0.3) is 17.7 Å². The zero-order chi connectivity index (χ0) is 18.3. The van der Waals surface area contributed by atoms with Crippen molar-refractivity contribution >= 4 is 52.0 Å². The van der Waals surface area contributed by atoms with Crippen molar-refractivity contribution in [2.45, 2.75) is 0 Å². The van der Waals surface area contributed by atoms with Crippen LogP contribution in [0.3, 0.4) is 0 Å². The lowest BCUT2D eigenvalue weighted by molar-refractivity contribution is 0.0924. The predicted octanol–water partition coefficient (Wildman–Crippen LogP) is 3.85. The van der Waals surface area contributed by atoms with Gasteiger partial charge in [-0.1, -0.05) is 23.7 Å². The first kappa shape index (κ1) is 16.4. The van der Waals surface area contributed by atoms with Crippen LogP contribution in [0.4, 0.5) is 11.4 Å². The number of fused-ring (bicyclic) bond motifs is 1. The molecule has 26 heavy (non-hydrogen) atoms. The van der Waals surface area contributed by atoms with Gasteiger partial charge in [0, 0.05) is 11.1 Å². The van der Waals surface area contributed by atoms with Crippen LogP contribution in [0.1, 0.15) is 31.2 Å². The normalized spacial score (nSPS) is 13.0. The van der Waals surface area contributed by atoms with E-state index in [1.807, 2.05) is 0 Å². The van der Waals surface area contributed by atoms with Crippen LogP contribution in [0.2, 0.25) is 5.02 Å². The molecule has 6 nitrogen and oxygen atoms in total. The smallest absolute Gasteiger partial charge is 0.275 e. The summed E-state index contributed by atoms with van der Waals surface area (Å²) >= 11 is 7.60. The molecule has 0 bridgehead atoms. The van der Waals surface area contributed by atoms with Crippen LogP contribution in [0.25, 0.3) is 0 Å². The highest BCUT2D eigenvalue weighted by molar-refractivity contribution is 7.07. The Morgan fingerprint density at radius 1 is 1.08 bits per heavy atom. The second-order valence-corrected chi connectivity index (χ2v) is 6.61. The molecule has 0 radical (unpaired) electrons. The van der Waals surface area contributed by atoms with Crippen molar-refractivity contribution in [3.63, 3.8) is 0 Å². The quantitative estimate of drug-likeness (QED) is 0.697. The average molecular weight is 384 g/mol. The molecular weight excluding hydrogens is 374 g/mol. The number of amides is 3. The minimum atomic E-state index is -0.424. The Bertz CT molecular complexity index is 1010. The molecule has 0 saturated carbocycles. The number of carbonyl (C=O) groups excluding carboxylic acids is 3. The molecular formula is C18H10ClN3O3S. The average Bonchev–Trinajstić information content (AvgIpc) is 3.25. The molecule has 4 rings (SSSR count). The van der Waals surface area contributed by atoms with E-state index in [-0.39, 0.29) is 16.6 Å². The molecule has 3 amide bonds. The lowest BCUT2D eigenvalue weighted by Crippen LogP contribution is -2.29. The molecule has 2 aromatic carbocycles. The number of hydrogen-bond acceptors (Lipinski definition) is 5. The molecule has 8 heteroatoms. The molecule has 0 atom stereocenters. The van der Waals surface area contributed by atoms with Gasteiger partial charge < -0.3 is 5.32 Å². The van der Waals surface area contributed by atoms with Crippen molar-refractivity contribution in [2.75, 3.05) is 10.2 Å². The van der Waals surface area contributed by atoms with E-state index in [2.05, 4.69) is 10.3 Å². The third-order valence-corrected chi connectivity index (χ3v) is 4.79. The molecule has 128 valence electrons. The minimum absolute atomic E-state index is 0.176. The Kier molecular flexibility index (Phi) is 4.02. The van der Waals surface area contributed by atoms with Crippen molar-refractivity contribution in [1.29, 1.82) is 0 Å². The molecule has 0 spiro atoms. The zero-order valence-corrected chi connectivity index (χ0v) is 14.7. The van der Waals surface area contributed by atoms with Crippen LogP contribution in [0.15, 0.2) is 53.4 Å². The van der Waals surface area contributed by atoms with Gasteiger partial charge >= 0.3 is 0 Å². The highest BCUT2D eigenvalue weighted by atomic mass is 35.5. The predicted molar refractivity (Wildman–Crippen MR) is 99.1 cm³/mol. The Hall–Kier alpha value is -3.03. The van der Waals surface area contributed by atoms with Gasteiger partial charge in [0.15, 0.2) is 0 Å². The lowest BCUT2D eigenvalue weighted by Gasteiger charge is -2.16. The molecule has 0 saturated heterocycles. The van der Waals surface area contributed by atoms with Crippen LogP contribution in [0.5, 0.6) is 0 Å². The second-order valence-electron chi connectivity index (χ2n) is 5.49. The molecule has 0 fully saturated rings. The number of rotatable bonds is 3. The maximum atomic E-state index is 12.5. The van der Waals surface area contributed by atoms with Crippen LogP contribution >= 0.6 is 22.9 Å². The maximum absolute atomic E-state index is 12.5. The molecule has 3 aromatic rings. The number of hydrogen-bond donors (Lipinski definition) is 1. The van der Waals surface area contributed by atoms with Crippen molar-refractivity contribution < 1.29 is 14.4 Å². The molecule has 2 heterocycles. The summed E-state index contributed by atoms with van der Waals surface area (Å²) in [6, 6.07) is 11.2. The lowest BCUT2D eigenvalue weighted by atomic mass is 10.1. The van der Waals surface area contributed by atoms with Crippen molar-refractivity contribution in [2.24, 2.45) is 0 Å². The van der Waals surface area contributed by atoms with Gasteiger partial charge in [-0.15, -0.1) is 11.3 Å². The van der Waals surface area contributed by atoms with E-state index in [1.165, 1.54) is 23.5 Å². The molecule has 0 unspecified atom stereocenters. The fourth-order valence-corrected chi connectivity index (χ4v) is 3.49. The number of benzene rings is 2. The van der Waals surface area contributed by atoms with Gasteiger partial charge in [0.05, 0.1) is 27.3 Å². The Morgan fingerprint density at radius 2 is 1.77 bits per heavy atom. The van der Waals surface area contributed by atoms with E-state index in [9.17, 15) is 14.4 Å². The molecule has 1 aromatic heterocycles. The summed E-state index contributed by atoms with van der Waals surface area (Å²) in [5.41, 5.74) is 3.25. The highest BCUT2D eigenvalue weighted by Gasteiger charge is 2.37. The summed E-state index contributed by atoms with van der Waals surface area (Å²) < 4.78 is 0. The molecule has 0 aliphatic carbocycles. The van der Waals surface area contributed by atoms with Crippen LogP contribution in [0, 0.1) is 0 Å². The van der Waals surface area contributed by atoms with Gasteiger partial charge in [-0.2, -0.15) is 0 Å². The largest absolute Gasteiger partial charge is 0.321 e. The van der Waals surface area contributed by atoms with E-state index < -0.39 is 11.8 Å². The second kappa shape index (κ2) is 6.36. The third-order valence-electron chi connectivity index (χ3n) is 3.91. The van der Waals surface area contributed by atoms with Gasteiger partial charge in [-0.3, -0.25) is 14.4 Å². The van der Waals surface area contributed by atoms with Crippen LogP contribution < -0.4 is 10.2 Å². The number of aromatic nitrogens is 1. The van der Waals surface area contributed by atoms with Crippen molar-refractivity contribution in [3.05, 3.63) is 75.2 Å². The highest BCUT2D eigenvalue weighted by Crippen LogP contribution is 2.34. The van der Waals surface area contributed by atoms with E-state index in [0.717, 1.165) is 4.90 Å². The van der Waals surface area contributed by atoms with Gasteiger partial charge in [0.1, 0.15) is 5.69 Å². The van der Waals surface area contributed by atoms with E-state index >= 15 is 0 Å². The van der Waals surface area contributed by atoms with Gasteiger partial charge in [-0.05, 0) is 30.3 Å². The number of nitrogens with zero attached hydrogens (tertiary/aromatic N) is 2. The van der Waals surface area contributed by atoms with E-state index in [4.69, 9.17) is 11.6 Å². The molecule has 1 aliphatic rings. The number of thiazole rings is 1. The fourth-order valence-electron chi connectivity index (χ4n) is 2.69. The maximum Gasteiger partial charge on any atom is 0.275 e. The standard InChI is InChI=1S/C18H10ClN3O3S/c19-13-7-10(21-16(23)14-8-26-9-20-14)5-6-15(13)22-17(24)11-3-1-2-4-12(11)18(22)25/h1-9H,(H,21,23). The number of halogens is 1. The van der Waals surface area contributed by atoms with Crippen molar-refractivity contribution in [3.8, 4) is 0 Å². The van der Waals surface area contributed by atoms with E-state index in [0.29, 0.717) is 22.5 Å². The summed E-state index contributed by atoms with van der Waals surface area (Å²) in [6.45, 7) is 0. The first-order chi connectivity index (χ1) is 12.6. The van der Waals surface area contributed by atoms with Crippen molar-refractivity contribution in [1.82, 2.24) is 4.98 Å². The van der Waals surface area contributed by atoms with Gasteiger partial charge in [-0.25, -0.2) is 9.88 Å². The zero-order valence-electron chi connectivity index (χ0n) is 13.1. The minimum Gasteiger partial charge on any atom is -0.321 e. The molecule has 1 aliphatic heterocycles. The summed E-state index contributed by atoms with van der Waals surface area (Å²) in [5, 5.41) is 4.48. The number of anilines is 2. The molecule has 1 N–H and O–H groups in total. The number of carbonyl (C=O) groups is 3.